The Morgan fingerprint density at radius 2 is 2.11 bits per heavy atom. The zero-order valence-electron chi connectivity index (χ0n) is 10.7. The topological polar surface area (TPSA) is 76.4 Å². The van der Waals surface area contributed by atoms with Crippen molar-refractivity contribution in [2.75, 3.05) is 6.61 Å². The summed E-state index contributed by atoms with van der Waals surface area (Å²) in [7, 11) is 0. The molecule has 102 valence electrons. The lowest BCUT2D eigenvalue weighted by Crippen LogP contribution is -2.02. The van der Waals surface area contributed by atoms with Gasteiger partial charge in [-0.3, -0.25) is 9.59 Å². The fourth-order valence-electron chi connectivity index (χ4n) is 1.05. The molecule has 0 N–H and O–H groups in total. The van der Waals surface area contributed by atoms with Crippen LogP contribution in [0, 0.1) is 11.3 Å². The molecule has 0 unspecified atom stereocenters. The summed E-state index contributed by atoms with van der Waals surface area (Å²) in [6.45, 7) is 3.87. The van der Waals surface area contributed by atoms with Gasteiger partial charge in [-0.15, -0.1) is 0 Å². The fourth-order valence-corrected chi connectivity index (χ4v) is 1.17. The van der Waals surface area contributed by atoms with E-state index in [-0.39, 0.29) is 12.2 Å². The van der Waals surface area contributed by atoms with Crippen molar-refractivity contribution in [2.45, 2.75) is 20.3 Å². The van der Waals surface area contributed by atoms with E-state index in [4.69, 9.17) is 10.00 Å². The van der Waals surface area contributed by atoms with E-state index in [0.29, 0.717) is 12.2 Å². The van der Waals surface area contributed by atoms with Gasteiger partial charge in [0.2, 0.25) is 0 Å². The number of hydrogen-bond acceptors (Lipinski definition) is 5. The number of halogens is 1. The van der Waals surface area contributed by atoms with Crippen molar-refractivity contribution in [1.82, 2.24) is 0 Å². The molecule has 0 aliphatic heterocycles. The van der Waals surface area contributed by atoms with Crippen LogP contribution >= 0.6 is 16.3 Å². The molecule has 0 bridgehead atoms. The summed E-state index contributed by atoms with van der Waals surface area (Å²) >= 11 is 2.44. The summed E-state index contributed by atoms with van der Waals surface area (Å²) < 4.78 is 9.21. The molecular formula is C13H14BrNO4. The molecule has 19 heavy (non-hydrogen) atoms. The Balaban J connectivity index is 0.000000362. The van der Waals surface area contributed by atoms with Crippen molar-refractivity contribution >= 4 is 28.0 Å². The third kappa shape index (κ3) is 8.80. The smallest absolute Gasteiger partial charge is 0.324 e. The molecule has 0 aromatic heterocycles. The Kier molecular flexibility index (Phi) is 9.10. The highest BCUT2D eigenvalue weighted by atomic mass is 79.9. The average Bonchev–Trinajstić information content (AvgIpc) is 2.39. The van der Waals surface area contributed by atoms with Gasteiger partial charge in [0.1, 0.15) is 18.0 Å². The molecule has 0 saturated carbocycles. The molecule has 0 heterocycles. The molecule has 0 aliphatic rings. The van der Waals surface area contributed by atoms with Crippen LogP contribution in [0.2, 0.25) is 0 Å². The number of hydrogen-bond donors (Lipinski definition) is 0. The van der Waals surface area contributed by atoms with Crippen LogP contribution in [-0.2, 0) is 13.4 Å². The summed E-state index contributed by atoms with van der Waals surface area (Å²) in [6.07, 6.45) is -0.161. The van der Waals surface area contributed by atoms with Gasteiger partial charge in [-0.2, -0.15) is 5.26 Å². The lowest BCUT2D eigenvalue weighted by atomic mass is 10.2. The van der Waals surface area contributed by atoms with E-state index in [2.05, 4.69) is 20.1 Å². The first-order valence-corrected chi connectivity index (χ1v) is 6.12. The molecule has 0 atom stereocenters. The highest BCUT2D eigenvalue weighted by molar-refractivity contribution is 9.06. The molecule has 0 fully saturated rings. The third-order valence-corrected chi connectivity index (χ3v) is 2.11. The van der Waals surface area contributed by atoms with Crippen LogP contribution in [0.3, 0.4) is 0 Å². The first-order chi connectivity index (χ1) is 9.03. The number of Topliss-reactive ketones (excluding diaryl/α,β-unsaturated/α-hetero) is 1. The van der Waals surface area contributed by atoms with Crippen LogP contribution in [0.5, 0.6) is 5.75 Å². The minimum atomic E-state index is -0.558. The van der Waals surface area contributed by atoms with E-state index in [0.717, 1.165) is 5.75 Å². The Labute approximate surface area is 120 Å². The lowest BCUT2D eigenvalue weighted by Gasteiger charge is -2.00. The number of ether oxygens (including phenoxy) is 1. The SMILES string of the molecule is CC(=O)CC(=O)OBr.CCOc1cccc(C#N)c1. The summed E-state index contributed by atoms with van der Waals surface area (Å²) in [6, 6.07) is 9.17. The predicted octanol–water partition coefficient (Wildman–Crippen LogP) is 2.78. The number of carbonyl (C=O) groups is 2. The van der Waals surface area contributed by atoms with Crippen LogP contribution in [0.25, 0.3) is 0 Å². The van der Waals surface area contributed by atoms with Gasteiger partial charge in [-0.1, -0.05) is 6.07 Å². The van der Waals surface area contributed by atoms with Gasteiger partial charge in [-0.25, -0.2) is 0 Å². The first-order valence-electron chi connectivity index (χ1n) is 5.47. The normalized spacial score (nSPS) is 8.53. The van der Waals surface area contributed by atoms with Gasteiger partial charge in [0.25, 0.3) is 0 Å². The number of ketones is 1. The fraction of sp³-hybridized carbons (Fsp3) is 0.308. The van der Waals surface area contributed by atoms with Gasteiger partial charge >= 0.3 is 5.97 Å². The highest BCUT2D eigenvalue weighted by Crippen LogP contribution is 2.11. The summed E-state index contributed by atoms with van der Waals surface area (Å²) in [4.78, 5) is 20.2. The zero-order valence-corrected chi connectivity index (χ0v) is 12.3. The molecule has 0 spiro atoms. The molecule has 6 heteroatoms. The van der Waals surface area contributed by atoms with Crippen LogP contribution in [0.1, 0.15) is 25.8 Å². The maximum atomic E-state index is 10.1. The van der Waals surface area contributed by atoms with Gasteiger partial charge in [0.05, 0.1) is 18.2 Å². The summed E-state index contributed by atoms with van der Waals surface area (Å²) in [5.41, 5.74) is 0.635. The standard InChI is InChI=1S/C9H9NO.C4H5BrO3/c1-2-11-9-5-3-4-8(6-9)7-10;1-3(6)2-4(7)8-5/h3-6H,2H2,1H3;2H2,1H3. The maximum Gasteiger partial charge on any atom is 0.324 e. The second-order valence-corrected chi connectivity index (χ2v) is 3.72. The average molecular weight is 328 g/mol. The van der Waals surface area contributed by atoms with E-state index in [1.807, 2.05) is 25.1 Å². The minimum Gasteiger partial charge on any atom is -0.494 e. The molecular weight excluding hydrogens is 314 g/mol. The molecule has 1 aromatic rings. The molecule has 1 aromatic carbocycles. The number of rotatable bonds is 4. The number of nitrogens with zero attached hydrogens (tertiary/aromatic N) is 1. The zero-order chi connectivity index (χ0) is 14.7. The molecule has 1 rings (SSSR count). The second kappa shape index (κ2) is 10.1. The lowest BCUT2D eigenvalue weighted by molar-refractivity contribution is -0.135. The Bertz CT molecular complexity index is 468. The van der Waals surface area contributed by atoms with Crippen molar-refractivity contribution in [3.05, 3.63) is 29.8 Å². The predicted molar refractivity (Wildman–Crippen MR) is 72.6 cm³/mol. The molecule has 5 nitrogen and oxygen atoms in total. The largest absolute Gasteiger partial charge is 0.494 e. The van der Waals surface area contributed by atoms with Crippen LogP contribution in [-0.4, -0.2) is 18.4 Å². The van der Waals surface area contributed by atoms with Gasteiger partial charge < -0.3 is 8.57 Å². The molecule has 0 amide bonds. The van der Waals surface area contributed by atoms with Crippen LogP contribution in [0.4, 0.5) is 0 Å². The Morgan fingerprint density at radius 3 is 2.53 bits per heavy atom. The third-order valence-electron chi connectivity index (χ3n) is 1.75. The summed E-state index contributed by atoms with van der Waals surface area (Å²) in [5.74, 6) is -0.00139. The van der Waals surface area contributed by atoms with E-state index >= 15 is 0 Å². The maximum absolute atomic E-state index is 10.1. The van der Waals surface area contributed by atoms with E-state index in [1.165, 1.54) is 6.92 Å². The number of nitriles is 1. The van der Waals surface area contributed by atoms with Gasteiger partial charge in [-0.05, 0) is 32.0 Å². The minimum absolute atomic E-state index is 0.161. The van der Waals surface area contributed by atoms with E-state index in [9.17, 15) is 9.59 Å². The quantitative estimate of drug-likeness (QED) is 0.794. The molecule has 0 saturated heterocycles. The van der Waals surface area contributed by atoms with Crippen molar-refractivity contribution < 1.29 is 18.2 Å². The van der Waals surface area contributed by atoms with Crippen LogP contribution < -0.4 is 4.74 Å². The Hall–Kier alpha value is -1.87. The number of benzene rings is 1. The summed E-state index contributed by atoms with van der Waals surface area (Å²) in [5, 5.41) is 8.52. The van der Waals surface area contributed by atoms with Crippen molar-refractivity contribution in [3.8, 4) is 11.8 Å². The van der Waals surface area contributed by atoms with Crippen molar-refractivity contribution in [2.24, 2.45) is 0 Å². The molecule has 0 radical (unpaired) electrons. The van der Waals surface area contributed by atoms with Gasteiger partial charge in [0, 0.05) is 0 Å². The first kappa shape index (κ1) is 17.1. The van der Waals surface area contributed by atoms with Crippen molar-refractivity contribution in [3.63, 3.8) is 0 Å². The second-order valence-electron chi connectivity index (χ2n) is 3.40. The highest BCUT2D eigenvalue weighted by Gasteiger charge is 2.03. The van der Waals surface area contributed by atoms with E-state index in [1.54, 1.807) is 12.1 Å². The Morgan fingerprint density at radius 1 is 1.42 bits per heavy atom. The number of carbonyl (C=O) groups excluding carboxylic acids is 2. The van der Waals surface area contributed by atoms with E-state index < -0.39 is 5.97 Å². The van der Waals surface area contributed by atoms with Gasteiger partial charge in [0.15, 0.2) is 16.3 Å². The monoisotopic (exact) mass is 327 g/mol. The van der Waals surface area contributed by atoms with Crippen LogP contribution in [0.15, 0.2) is 24.3 Å². The molecule has 0 aliphatic carbocycles. The van der Waals surface area contributed by atoms with Crippen molar-refractivity contribution in [1.29, 1.82) is 5.26 Å².